The molecule has 1 aliphatic rings. The number of hydrogen-bond acceptors (Lipinski definition) is 3. The number of amides is 2. The quantitative estimate of drug-likeness (QED) is 0.590. The first-order chi connectivity index (χ1) is 8.63. The molecule has 0 saturated carbocycles. The maximum atomic E-state index is 11.4. The van der Waals surface area contributed by atoms with E-state index in [0.29, 0.717) is 6.29 Å². The highest BCUT2D eigenvalue weighted by molar-refractivity contribution is 5.97. The Morgan fingerprint density at radius 1 is 1.39 bits per heavy atom. The smallest absolute Gasteiger partial charge is 0.408 e. The molecule has 2 atom stereocenters. The highest BCUT2D eigenvalue weighted by Crippen LogP contribution is 2.16. The zero-order valence-corrected chi connectivity index (χ0v) is 9.45. The minimum atomic E-state index is -1.22. The minimum Gasteiger partial charge on any atom is -0.465 e. The molecule has 0 spiro atoms. The van der Waals surface area contributed by atoms with Crippen LogP contribution >= 0.6 is 0 Å². The highest BCUT2D eigenvalue weighted by Gasteiger charge is 2.45. The average Bonchev–Trinajstić information content (AvgIpc) is 2.36. The first-order valence-corrected chi connectivity index (χ1v) is 5.42. The van der Waals surface area contributed by atoms with Crippen molar-refractivity contribution in [1.29, 1.82) is 0 Å². The van der Waals surface area contributed by atoms with Crippen molar-refractivity contribution in [3.05, 3.63) is 35.9 Å². The van der Waals surface area contributed by atoms with Gasteiger partial charge < -0.3 is 15.2 Å². The SMILES string of the molecule is O=C[C@H]1NC(=O)[C@H]1N(Cc1ccccc1)C(=O)O. The van der Waals surface area contributed by atoms with Crippen LogP contribution in [0.3, 0.4) is 0 Å². The van der Waals surface area contributed by atoms with Crippen LogP contribution in [0.1, 0.15) is 5.56 Å². The summed E-state index contributed by atoms with van der Waals surface area (Å²) in [5, 5.41) is 11.5. The molecule has 1 aromatic rings. The summed E-state index contributed by atoms with van der Waals surface area (Å²) in [6.45, 7) is 0.0819. The van der Waals surface area contributed by atoms with E-state index >= 15 is 0 Å². The molecule has 1 fully saturated rings. The molecule has 18 heavy (non-hydrogen) atoms. The fourth-order valence-electron chi connectivity index (χ4n) is 1.90. The van der Waals surface area contributed by atoms with Crippen molar-refractivity contribution < 1.29 is 19.5 Å². The van der Waals surface area contributed by atoms with Gasteiger partial charge in [-0.25, -0.2) is 4.79 Å². The lowest BCUT2D eigenvalue weighted by Crippen LogP contribution is -2.70. The molecular formula is C12H12N2O4. The van der Waals surface area contributed by atoms with Crippen molar-refractivity contribution in [1.82, 2.24) is 10.2 Å². The second kappa shape index (κ2) is 4.87. The van der Waals surface area contributed by atoms with Gasteiger partial charge in [-0.1, -0.05) is 30.3 Å². The molecule has 0 aromatic heterocycles. The van der Waals surface area contributed by atoms with Crippen molar-refractivity contribution in [3.63, 3.8) is 0 Å². The van der Waals surface area contributed by atoms with Gasteiger partial charge >= 0.3 is 6.09 Å². The predicted molar refractivity (Wildman–Crippen MR) is 61.8 cm³/mol. The summed E-state index contributed by atoms with van der Waals surface area (Å²) in [7, 11) is 0. The molecule has 0 radical (unpaired) electrons. The molecule has 2 amide bonds. The van der Waals surface area contributed by atoms with Gasteiger partial charge in [0.15, 0.2) is 0 Å². The first-order valence-electron chi connectivity index (χ1n) is 5.42. The first kappa shape index (κ1) is 12.1. The average molecular weight is 248 g/mol. The zero-order valence-electron chi connectivity index (χ0n) is 9.45. The van der Waals surface area contributed by atoms with Crippen LogP contribution in [0.15, 0.2) is 30.3 Å². The molecule has 6 heteroatoms. The number of carbonyl (C=O) groups excluding carboxylic acids is 2. The van der Waals surface area contributed by atoms with E-state index in [2.05, 4.69) is 5.32 Å². The summed E-state index contributed by atoms with van der Waals surface area (Å²) in [6, 6.07) is 7.24. The van der Waals surface area contributed by atoms with Crippen LogP contribution in [0, 0.1) is 0 Å². The lowest BCUT2D eigenvalue weighted by molar-refractivity contribution is -0.140. The monoisotopic (exact) mass is 248 g/mol. The van der Waals surface area contributed by atoms with Crippen molar-refractivity contribution >= 4 is 18.3 Å². The van der Waals surface area contributed by atoms with Gasteiger partial charge in [-0.3, -0.25) is 9.69 Å². The number of carbonyl (C=O) groups is 3. The van der Waals surface area contributed by atoms with Crippen LogP contribution in [-0.2, 0) is 16.1 Å². The fourth-order valence-corrected chi connectivity index (χ4v) is 1.90. The van der Waals surface area contributed by atoms with E-state index in [1.807, 2.05) is 6.07 Å². The summed E-state index contributed by atoms with van der Waals surface area (Å²) in [4.78, 5) is 34.2. The number of nitrogens with one attached hydrogen (secondary N) is 1. The number of carboxylic acid groups (broad SMARTS) is 1. The molecule has 1 aromatic carbocycles. The third-order valence-corrected chi connectivity index (χ3v) is 2.84. The zero-order chi connectivity index (χ0) is 13.1. The van der Waals surface area contributed by atoms with Gasteiger partial charge in [0.2, 0.25) is 5.91 Å². The van der Waals surface area contributed by atoms with Gasteiger partial charge in [-0.15, -0.1) is 0 Å². The third kappa shape index (κ3) is 2.17. The number of benzene rings is 1. The molecule has 0 bridgehead atoms. The predicted octanol–water partition coefficient (Wildman–Crippen LogP) is 0.232. The van der Waals surface area contributed by atoms with E-state index < -0.39 is 24.1 Å². The standard InChI is InChI=1S/C12H12N2O4/c15-7-9-10(11(16)13-9)14(12(17)18)6-8-4-2-1-3-5-8/h1-5,7,9-10H,6H2,(H,13,16)(H,17,18)/t9-,10+/m1/s1. The van der Waals surface area contributed by atoms with Crippen molar-refractivity contribution in [3.8, 4) is 0 Å². The largest absolute Gasteiger partial charge is 0.465 e. The second-order valence-corrected chi connectivity index (χ2v) is 4.01. The number of hydrogen-bond donors (Lipinski definition) is 2. The van der Waals surface area contributed by atoms with E-state index in [9.17, 15) is 14.4 Å². The molecule has 1 heterocycles. The molecule has 1 aliphatic heterocycles. The lowest BCUT2D eigenvalue weighted by atomic mass is 9.98. The Hall–Kier alpha value is -2.37. The van der Waals surface area contributed by atoms with Crippen LogP contribution in [0.4, 0.5) is 4.79 Å². The Labute approximate surface area is 103 Å². The number of β-lactam (4-membered cyclic amide) rings is 1. The second-order valence-electron chi connectivity index (χ2n) is 4.01. The van der Waals surface area contributed by atoms with Gasteiger partial charge in [0, 0.05) is 6.54 Å². The van der Waals surface area contributed by atoms with Gasteiger partial charge in [-0.05, 0) is 5.56 Å². The molecule has 2 rings (SSSR count). The molecular weight excluding hydrogens is 236 g/mol. The molecule has 0 unspecified atom stereocenters. The minimum absolute atomic E-state index is 0.0819. The van der Waals surface area contributed by atoms with E-state index in [1.54, 1.807) is 24.3 Å². The van der Waals surface area contributed by atoms with Crippen LogP contribution < -0.4 is 5.32 Å². The number of rotatable bonds is 4. The Morgan fingerprint density at radius 3 is 2.56 bits per heavy atom. The summed E-state index contributed by atoms with van der Waals surface area (Å²) >= 11 is 0. The summed E-state index contributed by atoms with van der Waals surface area (Å²) < 4.78 is 0. The summed E-state index contributed by atoms with van der Waals surface area (Å²) in [5.41, 5.74) is 0.768. The van der Waals surface area contributed by atoms with Gasteiger partial charge in [0.05, 0.1) is 0 Å². The van der Waals surface area contributed by atoms with Crippen molar-refractivity contribution in [2.75, 3.05) is 0 Å². The maximum Gasteiger partial charge on any atom is 0.408 e. The third-order valence-electron chi connectivity index (χ3n) is 2.84. The van der Waals surface area contributed by atoms with E-state index in [-0.39, 0.29) is 6.54 Å². The molecule has 1 saturated heterocycles. The Kier molecular flexibility index (Phi) is 3.27. The molecule has 6 nitrogen and oxygen atoms in total. The highest BCUT2D eigenvalue weighted by atomic mass is 16.4. The normalized spacial score (nSPS) is 21.7. The fraction of sp³-hybridized carbons (Fsp3) is 0.250. The number of aldehydes is 1. The Bertz CT molecular complexity index is 474. The van der Waals surface area contributed by atoms with Crippen molar-refractivity contribution in [2.24, 2.45) is 0 Å². The maximum absolute atomic E-state index is 11.4. The Morgan fingerprint density at radius 2 is 2.06 bits per heavy atom. The van der Waals surface area contributed by atoms with Gasteiger partial charge in [0.25, 0.3) is 0 Å². The molecule has 0 aliphatic carbocycles. The van der Waals surface area contributed by atoms with E-state index in [1.165, 1.54) is 0 Å². The molecule has 2 N–H and O–H groups in total. The van der Waals surface area contributed by atoms with Crippen LogP contribution in [-0.4, -0.2) is 40.4 Å². The summed E-state index contributed by atoms with van der Waals surface area (Å²) in [6.07, 6.45) is -0.668. The van der Waals surface area contributed by atoms with Gasteiger partial charge in [0.1, 0.15) is 18.4 Å². The Balaban J connectivity index is 2.16. The topological polar surface area (TPSA) is 86.7 Å². The van der Waals surface area contributed by atoms with Crippen molar-refractivity contribution in [2.45, 2.75) is 18.6 Å². The van der Waals surface area contributed by atoms with Gasteiger partial charge in [-0.2, -0.15) is 0 Å². The van der Waals surface area contributed by atoms with E-state index in [0.717, 1.165) is 10.5 Å². The van der Waals surface area contributed by atoms with Crippen LogP contribution in [0.2, 0.25) is 0 Å². The molecule has 94 valence electrons. The van der Waals surface area contributed by atoms with E-state index in [4.69, 9.17) is 5.11 Å². The van der Waals surface area contributed by atoms with Crippen LogP contribution in [0.25, 0.3) is 0 Å². The van der Waals surface area contributed by atoms with Crippen LogP contribution in [0.5, 0.6) is 0 Å². The summed E-state index contributed by atoms with van der Waals surface area (Å²) in [5.74, 6) is -0.439. The lowest BCUT2D eigenvalue weighted by Gasteiger charge is -2.39. The number of nitrogens with zero attached hydrogens (tertiary/aromatic N) is 1.